The molecule has 0 N–H and O–H groups in total. The lowest BCUT2D eigenvalue weighted by Crippen LogP contribution is -2.10. The van der Waals surface area contributed by atoms with E-state index >= 15 is 0 Å². The third-order valence-electron chi connectivity index (χ3n) is 1.77. The fourth-order valence-electron chi connectivity index (χ4n) is 1.10. The number of hydrogen-bond donors (Lipinski definition) is 0. The van der Waals surface area contributed by atoms with Crippen LogP contribution in [-0.2, 0) is 9.53 Å². The van der Waals surface area contributed by atoms with Crippen LogP contribution in [-0.4, -0.2) is 12.6 Å². The van der Waals surface area contributed by atoms with Crippen LogP contribution >= 0.6 is 0 Å². The summed E-state index contributed by atoms with van der Waals surface area (Å²) in [5.41, 5.74) is 0. The van der Waals surface area contributed by atoms with Crippen LogP contribution in [0, 0.1) is 0 Å². The van der Waals surface area contributed by atoms with Gasteiger partial charge in [0.1, 0.15) is 6.10 Å². The van der Waals surface area contributed by atoms with Gasteiger partial charge in [0.25, 0.3) is 0 Å². The molecule has 69 valence electrons. The van der Waals surface area contributed by atoms with Crippen LogP contribution in [0.1, 0.15) is 39.0 Å². The molecule has 1 radical (unpaired) electrons. The second-order valence-corrected chi connectivity index (χ2v) is 2.84. The van der Waals surface area contributed by atoms with E-state index in [-0.39, 0.29) is 6.10 Å². The molecule has 0 saturated carbocycles. The molecule has 0 aliphatic carbocycles. The highest BCUT2D eigenvalue weighted by atomic mass is 16.5. The zero-order chi connectivity index (χ0) is 9.23. The Morgan fingerprint density at radius 1 is 1.58 bits per heavy atom. The summed E-state index contributed by atoms with van der Waals surface area (Å²) in [6.45, 7) is 7.23. The van der Waals surface area contributed by atoms with Gasteiger partial charge in [0, 0.05) is 6.42 Å². The van der Waals surface area contributed by atoms with Gasteiger partial charge in [-0.05, 0) is 12.8 Å². The van der Waals surface area contributed by atoms with E-state index < -0.39 is 0 Å². The summed E-state index contributed by atoms with van der Waals surface area (Å²) in [5, 5.41) is 0. The molecule has 0 fully saturated rings. The van der Waals surface area contributed by atoms with Gasteiger partial charge >= 0.3 is 6.47 Å². The fraction of sp³-hybridized carbons (Fsp3) is 0.700. The summed E-state index contributed by atoms with van der Waals surface area (Å²) in [6.07, 6.45) is 6.91. The first-order chi connectivity index (χ1) is 5.85. The molecule has 0 rings (SSSR count). The molecule has 2 nitrogen and oxygen atoms in total. The largest absolute Gasteiger partial charge is 0.454 e. The topological polar surface area (TPSA) is 26.3 Å². The summed E-state index contributed by atoms with van der Waals surface area (Å²) in [6, 6.07) is 0. The lowest BCUT2D eigenvalue weighted by Gasteiger charge is -2.11. The summed E-state index contributed by atoms with van der Waals surface area (Å²) < 4.78 is 4.75. The van der Waals surface area contributed by atoms with Crippen LogP contribution in [0.3, 0.4) is 0 Å². The second-order valence-electron chi connectivity index (χ2n) is 2.84. The zero-order valence-corrected chi connectivity index (χ0v) is 7.71. The van der Waals surface area contributed by atoms with Crippen LogP contribution in [0.4, 0.5) is 0 Å². The van der Waals surface area contributed by atoms with Gasteiger partial charge in [-0.2, -0.15) is 0 Å². The summed E-state index contributed by atoms with van der Waals surface area (Å²) >= 11 is 0. The van der Waals surface area contributed by atoms with Crippen LogP contribution in [0.5, 0.6) is 0 Å². The van der Waals surface area contributed by atoms with E-state index in [1.165, 1.54) is 19.3 Å². The average molecular weight is 169 g/mol. The van der Waals surface area contributed by atoms with Gasteiger partial charge in [0.15, 0.2) is 0 Å². The molecule has 0 aromatic rings. The van der Waals surface area contributed by atoms with Crippen molar-refractivity contribution in [1.29, 1.82) is 0 Å². The molecule has 0 aromatic carbocycles. The van der Waals surface area contributed by atoms with Gasteiger partial charge in [-0.3, -0.25) is 0 Å². The maximum Gasteiger partial charge on any atom is 0.417 e. The Labute approximate surface area is 74.6 Å². The smallest absolute Gasteiger partial charge is 0.417 e. The van der Waals surface area contributed by atoms with Crippen molar-refractivity contribution in [3.8, 4) is 0 Å². The Kier molecular flexibility index (Phi) is 7.76. The zero-order valence-electron chi connectivity index (χ0n) is 7.71. The fourth-order valence-corrected chi connectivity index (χ4v) is 1.10. The standard InChI is InChI=1S/C10H17O2/c1-3-5-6-8-10(7-4-2)12-9-11/h4,10H,2-3,5-8H2,1H3. The molecule has 1 unspecified atom stereocenters. The molecule has 0 aliphatic rings. The highest BCUT2D eigenvalue weighted by molar-refractivity contribution is 5.38. The summed E-state index contributed by atoms with van der Waals surface area (Å²) in [7, 11) is 0. The van der Waals surface area contributed by atoms with E-state index in [0.717, 1.165) is 19.3 Å². The predicted octanol–water partition coefficient (Wildman–Crippen LogP) is 2.60. The molecule has 1 atom stereocenters. The van der Waals surface area contributed by atoms with Crippen molar-refractivity contribution < 1.29 is 9.53 Å². The molecule has 0 bridgehead atoms. The Balaban J connectivity index is 3.47. The van der Waals surface area contributed by atoms with Crippen molar-refractivity contribution in [3.63, 3.8) is 0 Å². The Morgan fingerprint density at radius 3 is 2.83 bits per heavy atom. The van der Waals surface area contributed by atoms with Crippen molar-refractivity contribution >= 4 is 6.47 Å². The molecule has 2 heteroatoms. The van der Waals surface area contributed by atoms with Crippen molar-refractivity contribution in [2.75, 3.05) is 0 Å². The van der Waals surface area contributed by atoms with E-state index in [4.69, 9.17) is 4.74 Å². The van der Waals surface area contributed by atoms with Gasteiger partial charge < -0.3 is 4.74 Å². The van der Waals surface area contributed by atoms with Crippen LogP contribution < -0.4 is 0 Å². The van der Waals surface area contributed by atoms with Gasteiger partial charge in [0.2, 0.25) is 0 Å². The number of hydrogen-bond acceptors (Lipinski definition) is 2. The lowest BCUT2D eigenvalue weighted by molar-refractivity contribution is 0.166. The molecule has 0 aromatic heterocycles. The first-order valence-corrected chi connectivity index (χ1v) is 4.48. The van der Waals surface area contributed by atoms with E-state index in [2.05, 4.69) is 13.5 Å². The van der Waals surface area contributed by atoms with Crippen molar-refractivity contribution in [2.24, 2.45) is 0 Å². The van der Waals surface area contributed by atoms with Crippen molar-refractivity contribution in [2.45, 2.75) is 45.1 Å². The normalized spacial score (nSPS) is 12.1. The Bertz CT molecular complexity index is 111. The molecule has 0 heterocycles. The summed E-state index contributed by atoms with van der Waals surface area (Å²) in [4.78, 5) is 9.94. The third-order valence-corrected chi connectivity index (χ3v) is 1.77. The molecule has 12 heavy (non-hydrogen) atoms. The van der Waals surface area contributed by atoms with Crippen LogP contribution in [0.2, 0.25) is 0 Å². The first kappa shape index (κ1) is 11.2. The van der Waals surface area contributed by atoms with Crippen LogP contribution in [0.15, 0.2) is 12.7 Å². The maximum atomic E-state index is 9.94. The molecule has 0 saturated heterocycles. The molecular weight excluding hydrogens is 152 g/mol. The molecular formula is C10H17O2. The molecule has 0 amide bonds. The van der Waals surface area contributed by atoms with Crippen molar-refractivity contribution in [3.05, 3.63) is 12.7 Å². The van der Waals surface area contributed by atoms with E-state index in [9.17, 15) is 4.79 Å². The van der Waals surface area contributed by atoms with Gasteiger partial charge in [-0.15, -0.1) is 6.58 Å². The van der Waals surface area contributed by atoms with Gasteiger partial charge in [-0.1, -0.05) is 25.8 Å². The van der Waals surface area contributed by atoms with E-state index in [1.807, 2.05) is 0 Å². The SMILES string of the molecule is C=CCC(CCCCC)O[C]=O. The van der Waals surface area contributed by atoms with Crippen molar-refractivity contribution in [1.82, 2.24) is 0 Å². The van der Waals surface area contributed by atoms with Gasteiger partial charge in [-0.25, -0.2) is 4.79 Å². The van der Waals surface area contributed by atoms with E-state index in [0.29, 0.717) is 0 Å². The molecule has 0 aliphatic heterocycles. The van der Waals surface area contributed by atoms with E-state index in [1.54, 1.807) is 6.08 Å². The highest BCUT2D eigenvalue weighted by Crippen LogP contribution is 2.09. The lowest BCUT2D eigenvalue weighted by atomic mass is 10.1. The monoisotopic (exact) mass is 169 g/mol. The quantitative estimate of drug-likeness (QED) is 0.412. The maximum absolute atomic E-state index is 9.94. The highest BCUT2D eigenvalue weighted by Gasteiger charge is 2.06. The van der Waals surface area contributed by atoms with Crippen LogP contribution in [0.25, 0.3) is 0 Å². The minimum atomic E-state index is -0.00782. The first-order valence-electron chi connectivity index (χ1n) is 4.48. The number of ether oxygens (including phenoxy) is 1. The summed E-state index contributed by atoms with van der Waals surface area (Å²) in [5.74, 6) is 0. The number of unbranched alkanes of at least 4 members (excludes halogenated alkanes) is 2. The predicted molar refractivity (Wildman–Crippen MR) is 49.5 cm³/mol. The number of rotatable bonds is 8. The molecule has 0 spiro atoms. The minimum absolute atomic E-state index is 0.00782. The third kappa shape index (κ3) is 5.96. The Hall–Kier alpha value is -0.790. The average Bonchev–Trinajstić information content (AvgIpc) is 2.06. The Morgan fingerprint density at radius 2 is 2.33 bits per heavy atom. The second kappa shape index (κ2) is 8.31. The van der Waals surface area contributed by atoms with Gasteiger partial charge in [0.05, 0.1) is 0 Å². The minimum Gasteiger partial charge on any atom is -0.454 e. The number of carbonyl (C=O) groups excluding carboxylic acids is 1.